The summed E-state index contributed by atoms with van der Waals surface area (Å²) in [5, 5.41) is 5.69. The molecule has 1 heterocycles. The van der Waals surface area contributed by atoms with Crippen molar-refractivity contribution in [3.05, 3.63) is 0 Å². The van der Waals surface area contributed by atoms with Crippen molar-refractivity contribution in [3.63, 3.8) is 0 Å². The Morgan fingerprint density at radius 2 is 2.38 bits per heavy atom. The fourth-order valence-electron chi connectivity index (χ4n) is 1.28. The molecule has 0 aromatic rings. The van der Waals surface area contributed by atoms with Crippen LogP contribution in [0.3, 0.4) is 0 Å². The van der Waals surface area contributed by atoms with E-state index in [-0.39, 0.29) is 25.2 Å². The molecule has 16 heavy (non-hydrogen) atoms. The average molecular weight is 231 g/mol. The van der Waals surface area contributed by atoms with Crippen LogP contribution in [0.1, 0.15) is 0 Å². The average Bonchev–Trinajstić information content (AvgIpc) is 2.29. The highest BCUT2D eigenvalue weighted by Crippen LogP contribution is 1.92. The summed E-state index contributed by atoms with van der Waals surface area (Å²) in [4.78, 5) is 21.8. The Labute approximate surface area is 93.6 Å². The van der Waals surface area contributed by atoms with Crippen LogP contribution in [0.4, 0.5) is 0 Å². The van der Waals surface area contributed by atoms with Gasteiger partial charge in [-0.2, -0.15) is 0 Å². The maximum atomic E-state index is 11.5. The molecule has 0 bridgehead atoms. The highest BCUT2D eigenvalue weighted by Gasteiger charge is 2.20. The van der Waals surface area contributed by atoms with Crippen molar-refractivity contribution in [3.8, 4) is 0 Å². The first kappa shape index (κ1) is 12.9. The van der Waals surface area contributed by atoms with E-state index >= 15 is 0 Å². The summed E-state index contributed by atoms with van der Waals surface area (Å²) in [5.41, 5.74) is 4.87. The second-order valence-electron chi connectivity index (χ2n) is 3.39. The number of nitrogens with one attached hydrogen (secondary N) is 2. The molecule has 1 saturated heterocycles. The quantitative estimate of drug-likeness (QED) is 0.442. The van der Waals surface area contributed by atoms with Crippen LogP contribution in [0.5, 0.6) is 0 Å². The molecule has 1 fully saturated rings. The van der Waals surface area contributed by atoms with Crippen molar-refractivity contribution in [1.29, 1.82) is 0 Å². The van der Waals surface area contributed by atoms with E-state index in [1.165, 1.54) is 0 Å². The van der Waals surface area contributed by atoms with Crippen LogP contribution in [0.15, 0.2) is 0 Å². The van der Waals surface area contributed by atoms with Gasteiger partial charge in [0, 0.05) is 13.1 Å². The normalized spacial score (nSPS) is 20.4. The van der Waals surface area contributed by atoms with Crippen LogP contribution < -0.4 is 16.4 Å². The number of carbonyl (C=O) groups excluding carboxylic acids is 2. The standard InChI is InChI=1S/C9H17N3O4/c10-8(13)6-16-4-2-12-9(14)7-5-15-3-1-11-7/h7,11H,1-6H2,(H2,10,13)(H,12,14). The molecule has 1 aliphatic rings. The summed E-state index contributed by atoms with van der Waals surface area (Å²) >= 11 is 0. The lowest BCUT2D eigenvalue weighted by Crippen LogP contribution is -2.51. The van der Waals surface area contributed by atoms with Gasteiger partial charge in [0.1, 0.15) is 12.6 Å². The van der Waals surface area contributed by atoms with Gasteiger partial charge in [-0.05, 0) is 0 Å². The minimum Gasteiger partial charge on any atom is -0.378 e. The number of hydrogen-bond acceptors (Lipinski definition) is 5. The van der Waals surface area contributed by atoms with Gasteiger partial charge in [0.25, 0.3) is 0 Å². The third kappa shape index (κ3) is 5.06. The summed E-state index contributed by atoms with van der Waals surface area (Å²) in [5.74, 6) is -0.643. The van der Waals surface area contributed by atoms with Crippen molar-refractivity contribution in [2.75, 3.05) is 39.5 Å². The summed E-state index contributed by atoms with van der Waals surface area (Å²) in [6.07, 6.45) is 0. The number of rotatable bonds is 6. The number of primary amides is 1. The number of morpholine rings is 1. The largest absolute Gasteiger partial charge is 0.378 e. The number of nitrogens with two attached hydrogens (primary N) is 1. The molecule has 0 aromatic carbocycles. The molecule has 1 unspecified atom stereocenters. The van der Waals surface area contributed by atoms with E-state index in [0.717, 1.165) is 0 Å². The van der Waals surface area contributed by atoms with Gasteiger partial charge in [-0.1, -0.05) is 0 Å². The molecule has 0 aliphatic carbocycles. The van der Waals surface area contributed by atoms with E-state index < -0.39 is 5.91 Å². The Balaban J connectivity index is 2.03. The third-order valence-electron chi connectivity index (χ3n) is 2.03. The van der Waals surface area contributed by atoms with Gasteiger partial charge >= 0.3 is 0 Å². The molecule has 1 aliphatic heterocycles. The van der Waals surface area contributed by atoms with Gasteiger partial charge in [0.05, 0.1) is 19.8 Å². The monoisotopic (exact) mass is 231 g/mol. The summed E-state index contributed by atoms with van der Waals surface area (Å²) in [6.45, 7) is 2.18. The van der Waals surface area contributed by atoms with E-state index in [0.29, 0.717) is 26.3 Å². The van der Waals surface area contributed by atoms with Crippen molar-refractivity contribution < 1.29 is 19.1 Å². The highest BCUT2D eigenvalue weighted by molar-refractivity contribution is 5.81. The lowest BCUT2D eigenvalue weighted by molar-refractivity contribution is -0.126. The molecule has 1 atom stereocenters. The molecule has 0 aromatic heterocycles. The maximum absolute atomic E-state index is 11.5. The van der Waals surface area contributed by atoms with Crippen molar-refractivity contribution in [1.82, 2.24) is 10.6 Å². The Hall–Kier alpha value is -1.18. The van der Waals surface area contributed by atoms with Crippen molar-refractivity contribution in [2.24, 2.45) is 5.73 Å². The zero-order valence-corrected chi connectivity index (χ0v) is 9.03. The second kappa shape index (κ2) is 7.15. The minimum absolute atomic E-state index is 0.123. The van der Waals surface area contributed by atoms with Gasteiger partial charge in [0.2, 0.25) is 11.8 Å². The summed E-state index contributed by atoms with van der Waals surface area (Å²) in [6, 6.07) is -0.301. The van der Waals surface area contributed by atoms with Crippen molar-refractivity contribution >= 4 is 11.8 Å². The molecular formula is C9H17N3O4. The van der Waals surface area contributed by atoms with Gasteiger partial charge in [-0.15, -0.1) is 0 Å². The SMILES string of the molecule is NC(=O)COCCNC(=O)C1COCCN1. The molecule has 0 radical (unpaired) electrons. The van der Waals surface area contributed by atoms with E-state index in [4.69, 9.17) is 15.2 Å². The van der Waals surface area contributed by atoms with E-state index in [1.54, 1.807) is 0 Å². The number of ether oxygens (including phenoxy) is 2. The minimum atomic E-state index is -0.520. The smallest absolute Gasteiger partial charge is 0.243 e. The molecular weight excluding hydrogens is 214 g/mol. The highest BCUT2D eigenvalue weighted by atomic mass is 16.5. The predicted octanol–water partition coefficient (Wildman–Crippen LogP) is -2.41. The Bertz CT molecular complexity index is 241. The topological polar surface area (TPSA) is 103 Å². The van der Waals surface area contributed by atoms with Crippen LogP contribution in [0.25, 0.3) is 0 Å². The van der Waals surface area contributed by atoms with E-state index in [2.05, 4.69) is 10.6 Å². The number of amides is 2. The molecule has 7 nitrogen and oxygen atoms in total. The predicted molar refractivity (Wildman–Crippen MR) is 55.6 cm³/mol. The van der Waals surface area contributed by atoms with E-state index in [9.17, 15) is 9.59 Å². The van der Waals surface area contributed by atoms with E-state index in [1.807, 2.05) is 0 Å². The zero-order chi connectivity index (χ0) is 11.8. The number of carbonyl (C=O) groups is 2. The lowest BCUT2D eigenvalue weighted by atomic mass is 10.2. The zero-order valence-electron chi connectivity index (χ0n) is 9.03. The fraction of sp³-hybridized carbons (Fsp3) is 0.778. The Morgan fingerprint density at radius 1 is 1.56 bits per heavy atom. The molecule has 7 heteroatoms. The van der Waals surface area contributed by atoms with Gasteiger partial charge in [-0.25, -0.2) is 0 Å². The Morgan fingerprint density at radius 3 is 3.00 bits per heavy atom. The van der Waals surface area contributed by atoms with Crippen LogP contribution in [-0.2, 0) is 19.1 Å². The van der Waals surface area contributed by atoms with Gasteiger partial charge in [0.15, 0.2) is 0 Å². The molecule has 1 rings (SSSR count). The molecule has 92 valence electrons. The van der Waals surface area contributed by atoms with Crippen LogP contribution in [-0.4, -0.2) is 57.4 Å². The fourth-order valence-corrected chi connectivity index (χ4v) is 1.28. The second-order valence-corrected chi connectivity index (χ2v) is 3.39. The maximum Gasteiger partial charge on any atom is 0.243 e. The first-order chi connectivity index (χ1) is 7.70. The van der Waals surface area contributed by atoms with Gasteiger partial charge < -0.3 is 25.8 Å². The van der Waals surface area contributed by atoms with Crippen LogP contribution in [0, 0.1) is 0 Å². The molecule has 0 saturated carbocycles. The Kier molecular flexibility index (Phi) is 5.76. The molecule has 0 spiro atoms. The first-order valence-corrected chi connectivity index (χ1v) is 5.15. The first-order valence-electron chi connectivity index (χ1n) is 5.15. The number of hydrogen-bond donors (Lipinski definition) is 3. The van der Waals surface area contributed by atoms with Crippen LogP contribution in [0.2, 0.25) is 0 Å². The van der Waals surface area contributed by atoms with Crippen LogP contribution >= 0.6 is 0 Å². The summed E-state index contributed by atoms with van der Waals surface area (Å²) in [7, 11) is 0. The third-order valence-corrected chi connectivity index (χ3v) is 2.03. The molecule has 2 amide bonds. The van der Waals surface area contributed by atoms with Gasteiger partial charge in [-0.3, -0.25) is 9.59 Å². The lowest BCUT2D eigenvalue weighted by Gasteiger charge is -2.22. The molecule has 4 N–H and O–H groups in total. The van der Waals surface area contributed by atoms with Crippen molar-refractivity contribution in [2.45, 2.75) is 6.04 Å². The summed E-state index contributed by atoms with van der Waals surface area (Å²) < 4.78 is 10.0.